The first-order valence-corrected chi connectivity index (χ1v) is 7.87. The Balaban J connectivity index is 2.07. The first-order chi connectivity index (χ1) is 11.5. The van der Waals surface area contributed by atoms with Gasteiger partial charge in [-0.3, -0.25) is 4.79 Å². The second-order valence-electron chi connectivity index (χ2n) is 5.22. The predicted octanol–water partition coefficient (Wildman–Crippen LogP) is 4.25. The molecule has 0 saturated heterocycles. The largest absolute Gasteiger partial charge is 0.497 e. The van der Waals surface area contributed by atoms with Crippen LogP contribution in [0.3, 0.4) is 0 Å². The summed E-state index contributed by atoms with van der Waals surface area (Å²) in [6.07, 6.45) is 3.23. The highest BCUT2D eigenvalue weighted by molar-refractivity contribution is 6.30. The van der Waals surface area contributed by atoms with Crippen LogP contribution in [0, 0.1) is 0 Å². The van der Waals surface area contributed by atoms with E-state index in [1.165, 1.54) is 6.08 Å². The van der Waals surface area contributed by atoms with Gasteiger partial charge in [0.1, 0.15) is 11.5 Å². The number of hydrogen-bond acceptors (Lipinski definition) is 3. The van der Waals surface area contributed by atoms with E-state index in [1.54, 1.807) is 32.4 Å². The third-order valence-corrected chi connectivity index (χ3v) is 3.81. The van der Waals surface area contributed by atoms with Crippen molar-refractivity contribution in [2.45, 2.75) is 13.0 Å². The molecule has 0 spiro atoms. The van der Waals surface area contributed by atoms with Gasteiger partial charge in [-0.25, -0.2) is 0 Å². The minimum absolute atomic E-state index is 0.192. The predicted molar refractivity (Wildman–Crippen MR) is 96.6 cm³/mol. The molecule has 5 heteroatoms. The Morgan fingerprint density at radius 2 is 1.83 bits per heavy atom. The van der Waals surface area contributed by atoms with E-state index in [0.29, 0.717) is 16.5 Å². The molecule has 1 N–H and O–H groups in total. The number of amides is 1. The Labute approximate surface area is 147 Å². The highest BCUT2D eigenvalue weighted by Crippen LogP contribution is 2.29. The van der Waals surface area contributed by atoms with E-state index < -0.39 is 0 Å². The van der Waals surface area contributed by atoms with Gasteiger partial charge in [0.25, 0.3) is 0 Å². The normalized spacial score (nSPS) is 12.0. The lowest BCUT2D eigenvalue weighted by Crippen LogP contribution is -2.25. The van der Waals surface area contributed by atoms with Crippen LogP contribution in [0.2, 0.25) is 5.02 Å². The molecule has 0 heterocycles. The third-order valence-electron chi connectivity index (χ3n) is 3.56. The summed E-state index contributed by atoms with van der Waals surface area (Å²) in [6.45, 7) is 1.89. The van der Waals surface area contributed by atoms with Crippen molar-refractivity contribution in [2.24, 2.45) is 0 Å². The molecule has 2 rings (SSSR count). The van der Waals surface area contributed by atoms with Gasteiger partial charge in [0.05, 0.1) is 20.3 Å². The Morgan fingerprint density at radius 1 is 1.12 bits per heavy atom. The molecule has 0 aromatic heterocycles. The minimum Gasteiger partial charge on any atom is -0.497 e. The van der Waals surface area contributed by atoms with Crippen LogP contribution in [0.4, 0.5) is 0 Å². The van der Waals surface area contributed by atoms with Gasteiger partial charge in [-0.15, -0.1) is 0 Å². The fourth-order valence-corrected chi connectivity index (χ4v) is 2.39. The van der Waals surface area contributed by atoms with Gasteiger partial charge in [0, 0.05) is 16.7 Å². The van der Waals surface area contributed by atoms with E-state index in [4.69, 9.17) is 21.1 Å². The highest BCUT2D eigenvalue weighted by atomic mass is 35.5. The molecule has 1 atom stereocenters. The number of ether oxygens (including phenoxy) is 2. The average molecular weight is 346 g/mol. The number of carbonyl (C=O) groups excluding carboxylic acids is 1. The summed E-state index contributed by atoms with van der Waals surface area (Å²) in [5.74, 6) is 1.22. The Morgan fingerprint density at radius 3 is 2.46 bits per heavy atom. The molecular weight excluding hydrogens is 326 g/mol. The van der Waals surface area contributed by atoms with E-state index in [1.807, 2.05) is 37.3 Å². The molecule has 0 radical (unpaired) electrons. The first-order valence-electron chi connectivity index (χ1n) is 7.49. The summed E-state index contributed by atoms with van der Waals surface area (Å²) in [4.78, 5) is 12.1. The van der Waals surface area contributed by atoms with Crippen LogP contribution in [0.25, 0.3) is 6.08 Å². The number of methoxy groups -OCH3 is 2. The van der Waals surface area contributed by atoms with E-state index in [2.05, 4.69) is 5.32 Å². The maximum Gasteiger partial charge on any atom is 0.244 e. The van der Waals surface area contributed by atoms with Crippen molar-refractivity contribution in [2.75, 3.05) is 14.2 Å². The zero-order chi connectivity index (χ0) is 17.5. The van der Waals surface area contributed by atoms with Crippen molar-refractivity contribution < 1.29 is 14.3 Å². The molecule has 0 fully saturated rings. The summed E-state index contributed by atoms with van der Waals surface area (Å²) < 4.78 is 10.6. The van der Waals surface area contributed by atoms with Crippen molar-refractivity contribution in [1.82, 2.24) is 5.32 Å². The van der Waals surface area contributed by atoms with Gasteiger partial charge in [-0.2, -0.15) is 0 Å². The number of nitrogens with one attached hydrogen (secondary N) is 1. The monoisotopic (exact) mass is 345 g/mol. The van der Waals surface area contributed by atoms with Gasteiger partial charge >= 0.3 is 0 Å². The summed E-state index contributed by atoms with van der Waals surface area (Å²) in [6, 6.07) is 12.5. The Kier molecular flexibility index (Phi) is 6.27. The molecular formula is C19H20ClNO3. The van der Waals surface area contributed by atoms with E-state index in [-0.39, 0.29) is 11.9 Å². The quantitative estimate of drug-likeness (QED) is 0.796. The SMILES string of the molecule is COc1ccc(OC)c([C@H](C)NC(=O)/C=C/c2ccc(Cl)cc2)c1. The van der Waals surface area contributed by atoms with Gasteiger partial charge < -0.3 is 14.8 Å². The topological polar surface area (TPSA) is 47.6 Å². The molecule has 2 aromatic carbocycles. The zero-order valence-electron chi connectivity index (χ0n) is 13.9. The van der Waals surface area contributed by atoms with Crippen molar-refractivity contribution >= 4 is 23.6 Å². The first kappa shape index (κ1) is 17.9. The lowest BCUT2D eigenvalue weighted by molar-refractivity contribution is -0.117. The molecule has 0 aliphatic heterocycles. The van der Waals surface area contributed by atoms with Gasteiger partial charge in [-0.1, -0.05) is 23.7 Å². The maximum absolute atomic E-state index is 12.1. The van der Waals surface area contributed by atoms with Crippen LogP contribution in [-0.4, -0.2) is 20.1 Å². The van der Waals surface area contributed by atoms with Crippen LogP contribution in [-0.2, 0) is 4.79 Å². The van der Waals surface area contributed by atoms with Gasteiger partial charge in [0.2, 0.25) is 5.91 Å². The van der Waals surface area contributed by atoms with E-state index >= 15 is 0 Å². The minimum atomic E-state index is -0.225. The fourth-order valence-electron chi connectivity index (χ4n) is 2.26. The maximum atomic E-state index is 12.1. The average Bonchev–Trinajstić information content (AvgIpc) is 2.60. The van der Waals surface area contributed by atoms with Gasteiger partial charge in [-0.05, 0) is 48.9 Å². The zero-order valence-corrected chi connectivity index (χ0v) is 14.6. The molecule has 0 bridgehead atoms. The molecule has 4 nitrogen and oxygen atoms in total. The lowest BCUT2D eigenvalue weighted by atomic mass is 10.1. The Hall–Kier alpha value is -2.46. The standard InChI is InChI=1S/C19H20ClNO3/c1-13(17-12-16(23-2)9-10-18(17)24-3)21-19(22)11-6-14-4-7-15(20)8-5-14/h4-13H,1-3H3,(H,21,22)/b11-6+/t13-/m0/s1. The van der Waals surface area contributed by atoms with Crippen LogP contribution < -0.4 is 14.8 Å². The van der Waals surface area contributed by atoms with Gasteiger partial charge in [0.15, 0.2) is 0 Å². The lowest BCUT2D eigenvalue weighted by Gasteiger charge is -2.17. The van der Waals surface area contributed by atoms with Crippen LogP contribution >= 0.6 is 11.6 Å². The summed E-state index contributed by atoms with van der Waals surface area (Å²) >= 11 is 5.84. The number of halogens is 1. The highest BCUT2D eigenvalue weighted by Gasteiger charge is 2.14. The van der Waals surface area contributed by atoms with E-state index in [0.717, 1.165) is 11.1 Å². The van der Waals surface area contributed by atoms with E-state index in [9.17, 15) is 4.79 Å². The molecule has 24 heavy (non-hydrogen) atoms. The van der Waals surface area contributed by atoms with Crippen LogP contribution in [0.15, 0.2) is 48.5 Å². The van der Waals surface area contributed by atoms with Crippen molar-refractivity contribution in [1.29, 1.82) is 0 Å². The van der Waals surface area contributed by atoms with Crippen LogP contribution in [0.5, 0.6) is 11.5 Å². The summed E-state index contributed by atoms with van der Waals surface area (Å²) in [5, 5.41) is 3.58. The Bertz CT molecular complexity index is 726. The molecule has 2 aromatic rings. The number of rotatable bonds is 6. The van der Waals surface area contributed by atoms with Crippen molar-refractivity contribution in [3.05, 3.63) is 64.7 Å². The second kappa shape index (κ2) is 8.41. The summed E-state index contributed by atoms with van der Waals surface area (Å²) in [7, 11) is 3.20. The fraction of sp³-hybridized carbons (Fsp3) is 0.211. The molecule has 1 amide bonds. The number of benzene rings is 2. The van der Waals surface area contributed by atoms with Crippen molar-refractivity contribution in [3.63, 3.8) is 0 Å². The summed E-state index contributed by atoms with van der Waals surface area (Å²) in [5.41, 5.74) is 1.76. The molecule has 0 aliphatic rings. The molecule has 0 unspecified atom stereocenters. The van der Waals surface area contributed by atoms with Crippen molar-refractivity contribution in [3.8, 4) is 11.5 Å². The molecule has 0 aliphatic carbocycles. The second-order valence-corrected chi connectivity index (χ2v) is 5.66. The molecule has 126 valence electrons. The third kappa shape index (κ3) is 4.77. The number of carbonyl (C=O) groups is 1. The smallest absolute Gasteiger partial charge is 0.244 e. The number of hydrogen-bond donors (Lipinski definition) is 1. The van der Waals surface area contributed by atoms with Crippen LogP contribution in [0.1, 0.15) is 24.1 Å². The molecule has 0 saturated carbocycles.